The van der Waals surface area contributed by atoms with Crippen LogP contribution in [0.1, 0.15) is 23.0 Å². The Bertz CT molecular complexity index is 777. The molecular weight excluding hydrogens is 262 g/mol. The number of aliphatic hydroxyl groups excluding tert-OH is 1. The van der Waals surface area contributed by atoms with Gasteiger partial charge in [0.25, 0.3) is 0 Å². The first-order valence-corrected chi connectivity index (χ1v) is 6.18. The van der Waals surface area contributed by atoms with E-state index in [0.29, 0.717) is 5.58 Å². The van der Waals surface area contributed by atoms with Crippen LogP contribution < -0.4 is 0 Å². The third-order valence-corrected chi connectivity index (χ3v) is 3.21. The lowest BCUT2D eigenvalue weighted by atomic mass is 10.1. The average Bonchev–Trinajstić information content (AvgIpc) is 2.83. The first-order valence-electron chi connectivity index (χ1n) is 6.18. The number of rotatable bonds is 2. The number of furan rings is 1. The Labute approximate surface area is 114 Å². The number of aliphatic hydroxyl groups is 1. The summed E-state index contributed by atoms with van der Waals surface area (Å²) in [6.45, 7) is 1.94. The Morgan fingerprint density at radius 2 is 1.85 bits per heavy atom. The predicted molar refractivity (Wildman–Crippen MR) is 71.4 cm³/mol. The third kappa shape index (κ3) is 2.18. The molecule has 0 aliphatic heterocycles. The summed E-state index contributed by atoms with van der Waals surface area (Å²) in [5.74, 6) is -1.09. The molecule has 2 aromatic carbocycles. The van der Waals surface area contributed by atoms with Crippen molar-refractivity contribution in [1.29, 1.82) is 0 Å². The minimum Gasteiger partial charge on any atom is -0.458 e. The monoisotopic (exact) mass is 274 g/mol. The van der Waals surface area contributed by atoms with Gasteiger partial charge in [0, 0.05) is 10.9 Å². The largest absolute Gasteiger partial charge is 0.458 e. The molecule has 0 spiro atoms. The van der Waals surface area contributed by atoms with Crippen LogP contribution in [-0.4, -0.2) is 5.11 Å². The minimum atomic E-state index is -1.33. The average molecular weight is 274 g/mol. The summed E-state index contributed by atoms with van der Waals surface area (Å²) in [7, 11) is 0. The van der Waals surface area contributed by atoms with Gasteiger partial charge >= 0.3 is 0 Å². The Morgan fingerprint density at radius 3 is 2.65 bits per heavy atom. The summed E-state index contributed by atoms with van der Waals surface area (Å²) in [6.07, 6.45) is -1.33. The van der Waals surface area contributed by atoms with Crippen LogP contribution in [-0.2, 0) is 0 Å². The molecule has 1 unspecified atom stereocenters. The molecular formula is C16H12F2O2. The van der Waals surface area contributed by atoms with Gasteiger partial charge in [-0.1, -0.05) is 11.6 Å². The molecule has 0 aliphatic rings. The van der Waals surface area contributed by atoms with Gasteiger partial charge in [-0.2, -0.15) is 0 Å². The van der Waals surface area contributed by atoms with Crippen LogP contribution in [0.25, 0.3) is 11.0 Å². The van der Waals surface area contributed by atoms with Crippen LogP contribution >= 0.6 is 0 Å². The van der Waals surface area contributed by atoms with Crippen molar-refractivity contribution in [3.63, 3.8) is 0 Å². The van der Waals surface area contributed by atoms with Gasteiger partial charge in [0.15, 0.2) is 0 Å². The molecule has 0 radical (unpaired) electrons. The molecule has 2 nitrogen and oxygen atoms in total. The molecule has 0 bridgehead atoms. The van der Waals surface area contributed by atoms with Gasteiger partial charge in [-0.3, -0.25) is 0 Å². The fourth-order valence-electron chi connectivity index (χ4n) is 2.20. The number of fused-ring (bicyclic) bond motifs is 1. The minimum absolute atomic E-state index is 0.138. The van der Waals surface area contributed by atoms with Crippen molar-refractivity contribution in [3.8, 4) is 0 Å². The van der Waals surface area contributed by atoms with Crippen LogP contribution in [0, 0.1) is 18.6 Å². The number of hydrogen-bond acceptors (Lipinski definition) is 2. The zero-order valence-corrected chi connectivity index (χ0v) is 10.7. The highest BCUT2D eigenvalue weighted by atomic mass is 19.1. The molecule has 0 amide bonds. The van der Waals surface area contributed by atoms with Gasteiger partial charge in [0.1, 0.15) is 29.1 Å². The topological polar surface area (TPSA) is 33.4 Å². The highest BCUT2D eigenvalue weighted by Gasteiger charge is 2.19. The SMILES string of the molecule is Cc1ccc2oc(C(O)c3cc(F)ccc3F)cc2c1. The van der Waals surface area contributed by atoms with Crippen LogP contribution in [0.5, 0.6) is 0 Å². The van der Waals surface area contributed by atoms with Gasteiger partial charge < -0.3 is 9.52 Å². The van der Waals surface area contributed by atoms with Gasteiger partial charge in [-0.25, -0.2) is 8.78 Å². The predicted octanol–water partition coefficient (Wildman–Crippen LogP) is 4.10. The normalized spacial score (nSPS) is 12.8. The van der Waals surface area contributed by atoms with E-state index in [-0.39, 0.29) is 11.3 Å². The second kappa shape index (κ2) is 4.72. The molecule has 1 atom stereocenters. The molecule has 1 heterocycles. The Morgan fingerprint density at radius 1 is 1.05 bits per heavy atom. The van der Waals surface area contributed by atoms with Crippen molar-refractivity contribution >= 4 is 11.0 Å². The number of aryl methyl sites for hydroxylation is 1. The molecule has 0 saturated heterocycles. The van der Waals surface area contributed by atoms with Gasteiger partial charge in [0.2, 0.25) is 0 Å². The lowest BCUT2D eigenvalue weighted by molar-refractivity contribution is 0.187. The van der Waals surface area contributed by atoms with E-state index in [1.54, 1.807) is 12.1 Å². The van der Waals surface area contributed by atoms with Crippen molar-refractivity contribution in [2.24, 2.45) is 0 Å². The maximum atomic E-state index is 13.7. The zero-order valence-electron chi connectivity index (χ0n) is 10.7. The van der Waals surface area contributed by atoms with Crippen molar-refractivity contribution in [2.75, 3.05) is 0 Å². The molecule has 20 heavy (non-hydrogen) atoms. The molecule has 4 heteroatoms. The number of benzene rings is 2. The highest BCUT2D eigenvalue weighted by molar-refractivity contribution is 5.78. The summed E-state index contributed by atoms with van der Waals surface area (Å²) < 4.78 is 32.3. The van der Waals surface area contributed by atoms with E-state index < -0.39 is 17.7 Å². The van der Waals surface area contributed by atoms with E-state index in [9.17, 15) is 13.9 Å². The molecule has 102 valence electrons. The molecule has 3 aromatic rings. The van der Waals surface area contributed by atoms with E-state index in [2.05, 4.69) is 0 Å². The molecule has 3 rings (SSSR count). The maximum absolute atomic E-state index is 13.7. The fourth-order valence-corrected chi connectivity index (χ4v) is 2.20. The summed E-state index contributed by atoms with van der Waals surface area (Å²) in [5.41, 5.74) is 1.51. The Hall–Kier alpha value is -2.20. The zero-order chi connectivity index (χ0) is 14.3. The van der Waals surface area contributed by atoms with Crippen molar-refractivity contribution in [3.05, 3.63) is 71.0 Å². The molecule has 0 fully saturated rings. The van der Waals surface area contributed by atoms with E-state index in [1.807, 2.05) is 19.1 Å². The van der Waals surface area contributed by atoms with Gasteiger partial charge in [-0.15, -0.1) is 0 Å². The Balaban J connectivity index is 2.07. The number of halogens is 2. The standard InChI is InChI=1S/C16H12F2O2/c1-9-2-5-14-10(6-9)7-15(20-14)16(19)12-8-11(17)3-4-13(12)18/h2-8,16,19H,1H3. The summed E-state index contributed by atoms with van der Waals surface area (Å²) in [5, 5.41) is 11.0. The van der Waals surface area contributed by atoms with E-state index in [1.165, 1.54) is 0 Å². The van der Waals surface area contributed by atoms with Crippen LogP contribution in [0.3, 0.4) is 0 Å². The van der Waals surface area contributed by atoms with Crippen molar-refractivity contribution < 1.29 is 18.3 Å². The van der Waals surface area contributed by atoms with Gasteiger partial charge in [0.05, 0.1) is 0 Å². The first-order chi connectivity index (χ1) is 9.54. The van der Waals surface area contributed by atoms with Crippen molar-refractivity contribution in [2.45, 2.75) is 13.0 Å². The molecule has 0 aliphatic carbocycles. The third-order valence-electron chi connectivity index (χ3n) is 3.21. The second-order valence-corrected chi connectivity index (χ2v) is 4.76. The smallest absolute Gasteiger partial charge is 0.140 e. The summed E-state index contributed by atoms with van der Waals surface area (Å²) in [6, 6.07) is 10.2. The first kappa shape index (κ1) is 12.8. The highest BCUT2D eigenvalue weighted by Crippen LogP contribution is 2.30. The van der Waals surface area contributed by atoms with Gasteiger partial charge in [-0.05, 0) is 43.3 Å². The quantitative estimate of drug-likeness (QED) is 0.763. The number of hydrogen-bond donors (Lipinski definition) is 1. The molecule has 1 N–H and O–H groups in total. The van der Waals surface area contributed by atoms with Crippen LogP contribution in [0.2, 0.25) is 0 Å². The Kier molecular flexibility index (Phi) is 3.03. The molecule has 1 aromatic heterocycles. The van der Waals surface area contributed by atoms with E-state index in [0.717, 1.165) is 29.1 Å². The second-order valence-electron chi connectivity index (χ2n) is 4.76. The summed E-state index contributed by atoms with van der Waals surface area (Å²) in [4.78, 5) is 0. The lowest BCUT2D eigenvalue weighted by Crippen LogP contribution is -2.02. The van der Waals surface area contributed by atoms with E-state index in [4.69, 9.17) is 4.42 Å². The fraction of sp³-hybridized carbons (Fsp3) is 0.125. The van der Waals surface area contributed by atoms with Crippen molar-refractivity contribution in [1.82, 2.24) is 0 Å². The van der Waals surface area contributed by atoms with Crippen LogP contribution in [0.15, 0.2) is 46.9 Å². The maximum Gasteiger partial charge on any atom is 0.140 e. The lowest BCUT2D eigenvalue weighted by Gasteiger charge is -2.09. The van der Waals surface area contributed by atoms with E-state index >= 15 is 0 Å². The van der Waals surface area contributed by atoms with Crippen LogP contribution in [0.4, 0.5) is 8.78 Å². The molecule has 0 saturated carbocycles. The summed E-state index contributed by atoms with van der Waals surface area (Å²) >= 11 is 0.